The molecule has 16 heteroatoms. The van der Waals surface area contributed by atoms with Gasteiger partial charge in [0.25, 0.3) is 0 Å². The highest BCUT2D eigenvalue weighted by molar-refractivity contribution is 7.92. The quantitative estimate of drug-likeness (QED) is 0.216. The molecule has 2 aromatic heterocycles. The van der Waals surface area contributed by atoms with E-state index >= 15 is 0 Å². The number of likely N-dealkylation sites (N-methyl/N-ethyl adjacent to an activating group) is 1. The molecule has 0 unspecified atom stereocenters. The van der Waals surface area contributed by atoms with Crippen molar-refractivity contribution in [3.05, 3.63) is 30.3 Å². The van der Waals surface area contributed by atoms with Crippen LogP contribution in [0.25, 0.3) is 33.5 Å². The van der Waals surface area contributed by atoms with E-state index in [1.54, 1.807) is 18.2 Å². The van der Waals surface area contributed by atoms with Gasteiger partial charge in [-0.25, -0.2) is 27.0 Å². The minimum atomic E-state index is -4.61. The Kier molecular flexibility index (Phi) is 5.62. The predicted octanol–water partition coefficient (Wildman–Crippen LogP) is -0.781. The van der Waals surface area contributed by atoms with E-state index in [0.29, 0.717) is 16.6 Å². The van der Waals surface area contributed by atoms with Crippen molar-refractivity contribution in [2.24, 2.45) is 10.9 Å². The van der Waals surface area contributed by atoms with Crippen molar-refractivity contribution in [3.8, 4) is 22.5 Å². The number of rotatable bonds is 7. The number of nitrogens with zero attached hydrogens (tertiary/aromatic N) is 5. The number of H-pyrrole nitrogens is 2. The van der Waals surface area contributed by atoms with Crippen molar-refractivity contribution in [3.63, 3.8) is 0 Å². The molecule has 0 radical (unpaired) electrons. The van der Waals surface area contributed by atoms with Crippen LogP contribution in [0.15, 0.2) is 40.1 Å². The van der Waals surface area contributed by atoms with Crippen LogP contribution in [-0.4, -0.2) is 71.9 Å². The van der Waals surface area contributed by atoms with E-state index in [9.17, 15) is 16.8 Å². The summed E-state index contributed by atoms with van der Waals surface area (Å²) in [6.07, 6.45) is 0. The fourth-order valence-electron chi connectivity index (χ4n) is 3.50. The van der Waals surface area contributed by atoms with E-state index in [1.807, 2.05) is 0 Å². The number of para-hydroxylation sites is 1. The van der Waals surface area contributed by atoms with Gasteiger partial charge in [0.2, 0.25) is 25.9 Å². The number of aromatic nitrogens is 6. The molecule has 174 valence electrons. The number of nitrogen functional groups attached to an aromatic ring is 1. The number of anilines is 1. The second kappa shape index (κ2) is 8.16. The molecule has 0 aliphatic rings. The van der Waals surface area contributed by atoms with Gasteiger partial charge >= 0.3 is 0 Å². The standard InChI is InChI=1S/C17H20N10O4S2/c1-27(8-7-18)33(30,31)12-6-5-9(10-3-2-4-11-14(10)22-17(19)21-11)13(15(12)32(20,28)29)16-23-25-26-24-16/h2-6H,7-8,18H2,1H3,(H3,19,21,22)(H2,20,28,29)(H,23,24,25,26). The summed E-state index contributed by atoms with van der Waals surface area (Å²) in [6, 6.07) is 7.70. The minimum Gasteiger partial charge on any atom is -0.369 e. The van der Waals surface area contributed by atoms with E-state index in [0.717, 1.165) is 10.4 Å². The number of hydrogen-bond acceptors (Lipinski definition) is 10. The molecule has 2 heterocycles. The van der Waals surface area contributed by atoms with Gasteiger partial charge in [-0.2, -0.15) is 9.52 Å². The van der Waals surface area contributed by atoms with E-state index in [4.69, 9.17) is 16.6 Å². The maximum absolute atomic E-state index is 13.2. The number of nitrogens with one attached hydrogen (secondary N) is 2. The predicted molar refractivity (Wildman–Crippen MR) is 119 cm³/mol. The molecule has 8 N–H and O–H groups in total. The lowest BCUT2D eigenvalue weighted by Crippen LogP contribution is -2.33. The summed E-state index contributed by atoms with van der Waals surface area (Å²) in [5.41, 5.74) is 12.9. The lowest BCUT2D eigenvalue weighted by Gasteiger charge is -2.20. The average molecular weight is 493 g/mol. The van der Waals surface area contributed by atoms with Gasteiger partial charge in [0.15, 0.2) is 5.95 Å². The zero-order valence-electron chi connectivity index (χ0n) is 17.2. The summed E-state index contributed by atoms with van der Waals surface area (Å²) in [5.74, 6) is -0.0269. The van der Waals surface area contributed by atoms with Crippen molar-refractivity contribution in [1.29, 1.82) is 0 Å². The van der Waals surface area contributed by atoms with E-state index in [1.165, 1.54) is 13.1 Å². The van der Waals surface area contributed by atoms with Gasteiger partial charge in [-0.05, 0) is 22.9 Å². The molecule has 0 saturated heterocycles. The Morgan fingerprint density at radius 1 is 1.09 bits per heavy atom. The number of sulfonamides is 2. The van der Waals surface area contributed by atoms with Crippen LogP contribution in [0.5, 0.6) is 0 Å². The summed E-state index contributed by atoms with van der Waals surface area (Å²) in [4.78, 5) is 5.94. The first-order valence-corrected chi connectivity index (χ1v) is 12.4. The zero-order chi connectivity index (χ0) is 24.0. The van der Waals surface area contributed by atoms with E-state index < -0.39 is 29.8 Å². The number of imidazole rings is 1. The van der Waals surface area contributed by atoms with Gasteiger partial charge < -0.3 is 16.5 Å². The third kappa shape index (κ3) is 3.93. The number of primary sulfonamides is 1. The van der Waals surface area contributed by atoms with Crippen molar-refractivity contribution in [2.45, 2.75) is 9.79 Å². The first kappa shape index (κ1) is 22.7. The normalized spacial score (nSPS) is 12.6. The molecule has 0 saturated carbocycles. The van der Waals surface area contributed by atoms with Gasteiger partial charge in [-0.15, -0.1) is 10.2 Å². The maximum Gasteiger partial charge on any atom is 0.244 e. The molecule has 0 aliphatic heterocycles. The second-order valence-electron chi connectivity index (χ2n) is 7.03. The Balaban J connectivity index is 2.15. The van der Waals surface area contributed by atoms with Gasteiger partial charge in [-0.3, -0.25) is 0 Å². The largest absolute Gasteiger partial charge is 0.369 e. The van der Waals surface area contributed by atoms with Crippen LogP contribution < -0.4 is 16.6 Å². The minimum absolute atomic E-state index is 0.0266. The molecule has 0 atom stereocenters. The highest BCUT2D eigenvalue weighted by Gasteiger charge is 2.34. The second-order valence-corrected chi connectivity index (χ2v) is 10.5. The summed E-state index contributed by atoms with van der Waals surface area (Å²) < 4.78 is 53.0. The first-order chi connectivity index (χ1) is 15.6. The van der Waals surface area contributed by atoms with Crippen molar-refractivity contribution in [2.75, 3.05) is 25.9 Å². The van der Waals surface area contributed by atoms with Crippen molar-refractivity contribution < 1.29 is 16.8 Å². The highest BCUT2D eigenvalue weighted by Crippen LogP contribution is 2.41. The number of fused-ring (bicyclic) bond motifs is 1. The molecule has 4 aromatic rings. The van der Waals surface area contributed by atoms with E-state index in [-0.39, 0.29) is 36.0 Å². The molecule has 0 aliphatic carbocycles. The summed E-state index contributed by atoms with van der Waals surface area (Å²) in [6.45, 7) is -0.0175. The van der Waals surface area contributed by atoms with Crippen LogP contribution in [-0.2, 0) is 20.0 Å². The monoisotopic (exact) mass is 492 g/mol. The molecular formula is C17H20N10O4S2. The fourth-order valence-corrected chi connectivity index (χ4v) is 6.26. The maximum atomic E-state index is 13.2. The van der Waals surface area contributed by atoms with Crippen LogP contribution in [0.1, 0.15) is 0 Å². The number of hydrogen-bond donors (Lipinski definition) is 5. The number of aromatic amines is 2. The fraction of sp³-hybridized carbons (Fsp3) is 0.176. The summed E-state index contributed by atoms with van der Waals surface area (Å²) >= 11 is 0. The van der Waals surface area contributed by atoms with Gasteiger partial charge in [-0.1, -0.05) is 18.2 Å². The Hall–Kier alpha value is -3.44. The average Bonchev–Trinajstić information content (AvgIpc) is 3.40. The third-order valence-corrected chi connectivity index (χ3v) is 7.95. The smallest absolute Gasteiger partial charge is 0.244 e. The molecular weight excluding hydrogens is 472 g/mol. The van der Waals surface area contributed by atoms with Crippen molar-refractivity contribution >= 4 is 37.0 Å². The first-order valence-electron chi connectivity index (χ1n) is 9.40. The Labute approximate surface area is 188 Å². The molecule has 0 fully saturated rings. The lowest BCUT2D eigenvalue weighted by atomic mass is 9.98. The van der Waals surface area contributed by atoms with Crippen LogP contribution >= 0.6 is 0 Å². The molecule has 0 spiro atoms. The molecule has 4 rings (SSSR count). The van der Waals surface area contributed by atoms with Gasteiger partial charge in [0, 0.05) is 25.7 Å². The summed E-state index contributed by atoms with van der Waals surface area (Å²) in [5, 5.41) is 19.0. The Morgan fingerprint density at radius 3 is 2.48 bits per heavy atom. The van der Waals surface area contributed by atoms with E-state index in [2.05, 4.69) is 30.6 Å². The van der Waals surface area contributed by atoms with Crippen LogP contribution in [0.4, 0.5) is 5.95 Å². The molecule has 2 aromatic carbocycles. The summed E-state index contributed by atoms with van der Waals surface area (Å²) in [7, 11) is -7.63. The van der Waals surface area contributed by atoms with Gasteiger partial charge in [0.05, 0.1) is 16.6 Å². The van der Waals surface area contributed by atoms with Crippen LogP contribution in [0.2, 0.25) is 0 Å². The molecule has 14 nitrogen and oxygen atoms in total. The Morgan fingerprint density at radius 2 is 1.85 bits per heavy atom. The van der Waals surface area contributed by atoms with Gasteiger partial charge in [0.1, 0.15) is 9.79 Å². The number of benzene rings is 2. The molecule has 0 amide bonds. The van der Waals surface area contributed by atoms with Crippen molar-refractivity contribution in [1.82, 2.24) is 34.9 Å². The molecule has 33 heavy (non-hydrogen) atoms. The van der Waals surface area contributed by atoms with Crippen LogP contribution in [0.3, 0.4) is 0 Å². The number of nitrogens with two attached hydrogens (primary N) is 3. The third-order valence-electron chi connectivity index (χ3n) is 4.93. The highest BCUT2D eigenvalue weighted by atomic mass is 32.2. The lowest BCUT2D eigenvalue weighted by molar-refractivity contribution is 0.474. The topological polar surface area (TPSA) is 233 Å². The van der Waals surface area contributed by atoms with Crippen LogP contribution in [0, 0.1) is 0 Å². The molecule has 0 bridgehead atoms. The number of tetrazole rings is 1. The zero-order valence-corrected chi connectivity index (χ0v) is 18.9. The SMILES string of the molecule is CN(CCN)S(=O)(=O)c1ccc(-c2cccc3[nH]c(N)nc23)c(-c2nn[nH]n2)c1S(N)(=O)=O. The Bertz CT molecular complexity index is 1550.